The lowest BCUT2D eigenvalue weighted by Crippen LogP contribution is -2.43. The summed E-state index contributed by atoms with van der Waals surface area (Å²) in [4.78, 5) is 26.6. The van der Waals surface area contributed by atoms with Crippen molar-refractivity contribution in [2.24, 2.45) is 0 Å². The van der Waals surface area contributed by atoms with E-state index >= 15 is 0 Å². The summed E-state index contributed by atoms with van der Waals surface area (Å²) in [7, 11) is 0. The van der Waals surface area contributed by atoms with Gasteiger partial charge in [0.25, 0.3) is 0 Å². The highest BCUT2D eigenvalue weighted by atomic mass is 16.1. The molecule has 0 unspecified atom stereocenters. The van der Waals surface area contributed by atoms with Crippen molar-refractivity contribution in [1.82, 2.24) is 20.3 Å². The molecule has 154 valence electrons. The fourth-order valence-electron chi connectivity index (χ4n) is 4.55. The van der Waals surface area contributed by atoms with Crippen LogP contribution >= 0.6 is 0 Å². The molecule has 1 aliphatic heterocycles. The third kappa shape index (κ3) is 3.16. The number of anilines is 1. The molecule has 2 aromatic heterocycles. The number of benzene rings is 2. The Morgan fingerprint density at radius 3 is 2.77 bits per heavy atom. The number of nitrogens with zero attached hydrogens (tertiary/aromatic N) is 2. The van der Waals surface area contributed by atoms with E-state index in [0.29, 0.717) is 17.8 Å². The highest BCUT2D eigenvalue weighted by Gasteiger charge is 2.21. The molecule has 6 heteroatoms. The van der Waals surface area contributed by atoms with Crippen LogP contribution in [0.4, 0.5) is 5.69 Å². The molecule has 0 spiro atoms. The molecule has 0 atom stereocenters. The van der Waals surface area contributed by atoms with E-state index in [-0.39, 0.29) is 5.78 Å². The number of para-hydroxylation sites is 1. The number of hydrogen-bond donors (Lipinski definition) is 3. The van der Waals surface area contributed by atoms with E-state index in [1.807, 2.05) is 36.5 Å². The molecule has 0 amide bonds. The average Bonchev–Trinajstić information content (AvgIpc) is 3.44. The Labute approximate surface area is 179 Å². The van der Waals surface area contributed by atoms with Crippen molar-refractivity contribution in [2.75, 3.05) is 31.1 Å². The molecule has 1 saturated heterocycles. The van der Waals surface area contributed by atoms with Crippen molar-refractivity contribution in [3.05, 3.63) is 72.2 Å². The van der Waals surface area contributed by atoms with Crippen molar-refractivity contribution in [3.63, 3.8) is 0 Å². The standard InChI is InChI=1S/C25H23N5O/c31-24-8-5-16(20-15-27-21-4-2-1-3-18(20)21)13-19(24)25-28-22-7-6-17(14-23(22)29-25)30-11-9-26-10-12-30/h1-7,13-15,26-27H,8-12H2,(H,28,29). The monoisotopic (exact) mass is 409 g/mol. The molecule has 0 bridgehead atoms. The Balaban J connectivity index is 1.38. The molecule has 6 rings (SSSR count). The number of hydrogen-bond acceptors (Lipinski definition) is 4. The lowest BCUT2D eigenvalue weighted by atomic mass is 9.93. The summed E-state index contributed by atoms with van der Waals surface area (Å²) < 4.78 is 0. The highest BCUT2D eigenvalue weighted by molar-refractivity contribution is 6.25. The number of aromatic nitrogens is 3. The van der Waals surface area contributed by atoms with Crippen LogP contribution in [0.2, 0.25) is 0 Å². The molecule has 2 aliphatic rings. The number of rotatable bonds is 3. The predicted octanol–water partition coefficient (Wildman–Crippen LogP) is 3.89. The van der Waals surface area contributed by atoms with E-state index < -0.39 is 0 Å². The Bertz CT molecular complexity index is 1370. The number of fused-ring (bicyclic) bond motifs is 2. The van der Waals surface area contributed by atoms with Crippen molar-refractivity contribution < 1.29 is 4.79 Å². The third-order valence-electron chi connectivity index (χ3n) is 6.21. The maximum atomic E-state index is 12.8. The van der Waals surface area contributed by atoms with Gasteiger partial charge in [-0.1, -0.05) is 24.3 Å². The summed E-state index contributed by atoms with van der Waals surface area (Å²) in [5, 5.41) is 4.54. The molecule has 2 aromatic carbocycles. The normalized spacial score (nSPS) is 17.3. The van der Waals surface area contributed by atoms with E-state index in [1.165, 1.54) is 5.69 Å². The van der Waals surface area contributed by atoms with Gasteiger partial charge in [-0.2, -0.15) is 0 Å². The number of imidazole rings is 1. The smallest absolute Gasteiger partial charge is 0.170 e. The first kappa shape index (κ1) is 18.2. The molecule has 3 N–H and O–H groups in total. The predicted molar refractivity (Wildman–Crippen MR) is 125 cm³/mol. The first-order valence-electron chi connectivity index (χ1n) is 10.7. The molecule has 0 radical (unpaired) electrons. The van der Waals surface area contributed by atoms with Crippen molar-refractivity contribution in [3.8, 4) is 0 Å². The molecule has 4 aromatic rings. The average molecular weight is 409 g/mol. The quantitative estimate of drug-likeness (QED) is 0.480. The van der Waals surface area contributed by atoms with Crippen LogP contribution in [-0.4, -0.2) is 46.9 Å². The minimum Gasteiger partial charge on any atom is -0.369 e. The molecule has 6 nitrogen and oxygen atoms in total. The number of carbonyl (C=O) groups is 1. The third-order valence-corrected chi connectivity index (χ3v) is 6.21. The molecular formula is C25H23N5O. The van der Waals surface area contributed by atoms with Crippen LogP contribution < -0.4 is 10.2 Å². The van der Waals surface area contributed by atoms with Gasteiger partial charge in [-0.05, 0) is 35.9 Å². The summed E-state index contributed by atoms with van der Waals surface area (Å²) in [5.41, 5.74) is 6.92. The second kappa shape index (κ2) is 7.25. The van der Waals surface area contributed by atoms with Gasteiger partial charge in [-0.15, -0.1) is 0 Å². The SMILES string of the molecule is O=C1CC=C(c2c[nH]c3ccccc23)C=C1c1nc2ccc(N3CCNCC3)cc2[nH]1. The highest BCUT2D eigenvalue weighted by Crippen LogP contribution is 2.33. The fraction of sp³-hybridized carbons (Fsp3) is 0.200. The number of carbonyl (C=O) groups excluding carboxylic acids is 1. The Morgan fingerprint density at radius 1 is 1.00 bits per heavy atom. The van der Waals surface area contributed by atoms with Gasteiger partial charge in [0.05, 0.1) is 16.6 Å². The summed E-state index contributed by atoms with van der Waals surface area (Å²) in [6.45, 7) is 3.98. The topological polar surface area (TPSA) is 76.8 Å². The van der Waals surface area contributed by atoms with Gasteiger partial charge in [-0.25, -0.2) is 4.98 Å². The van der Waals surface area contributed by atoms with E-state index in [1.54, 1.807) is 0 Å². The number of nitrogens with one attached hydrogen (secondary N) is 3. The van der Waals surface area contributed by atoms with Gasteiger partial charge < -0.3 is 20.2 Å². The summed E-state index contributed by atoms with van der Waals surface area (Å²) in [5.74, 6) is 0.730. The summed E-state index contributed by atoms with van der Waals surface area (Å²) in [6.07, 6.45) is 6.37. The Hall–Kier alpha value is -3.64. The van der Waals surface area contributed by atoms with Gasteiger partial charge in [0.1, 0.15) is 5.82 Å². The maximum absolute atomic E-state index is 12.8. The second-order valence-electron chi connectivity index (χ2n) is 8.12. The van der Waals surface area contributed by atoms with E-state index in [2.05, 4.69) is 44.5 Å². The van der Waals surface area contributed by atoms with Crippen molar-refractivity contribution in [2.45, 2.75) is 6.42 Å². The zero-order chi connectivity index (χ0) is 20.8. The van der Waals surface area contributed by atoms with Gasteiger partial charge in [0.15, 0.2) is 5.78 Å². The van der Waals surface area contributed by atoms with Crippen LogP contribution in [0.3, 0.4) is 0 Å². The van der Waals surface area contributed by atoms with E-state index in [9.17, 15) is 4.79 Å². The molecular weight excluding hydrogens is 386 g/mol. The van der Waals surface area contributed by atoms with Crippen LogP contribution in [0, 0.1) is 0 Å². The minimum absolute atomic E-state index is 0.0879. The van der Waals surface area contributed by atoms with Gasteiger partial charge in [-0.3, -0.25) is 4.79 Å². The number of ketones is 1. The number of allylic oxidation sites excluding steroid dienone is 4. The molecule has 3 heterocycles. The molecule has 31 heavy (non-hydrogen) atoms. The van der Waals surface area contributed by atoms with Crippen LogP contribution in [-0.2, 0) is 4.79 Å². The van der Waals surface area contributed by atoms with Crippen LogP contribution in [0.1, 0.15) is 17.8 Å². The largest absolute Gasteiger partial charge is 0.369 e. The van der Waals surface area contributed by atoms with E-state index in [0.717, 1.165) is 59.3 Å². The van der Waals surface area contributed by atoms with Crippen LogP contribution in [0.5, 0.6) is 0 Å². The van der Waals surface area contributed by atoms with E-state index in [4.69, 9.17) is 4.98 Å². The zero-order valence-corrected chi connectivity index (χ0v) is 17.1. The summed E-state index contributed by atoms with van der Waals surface area (Å²) in [6, 6.07) is 14.5. The van der Waals surface area contributed by atoms with Crippen molar-refractivity contribution >= 4 is 44.6 Å². The number of piperazine rings is 1. The lowest BCUT2D eigenvalue weighted by Gasteiger charge is -2.29. The van der Waals surface area contributed by atoms with Crippen LogP contribution in [0.25, 0.3) is 33.1 Å². The fourth-order valence-corrected chi connectivity index (χ4v) is 4.55. The second-order valence-corrected chi connectivity index (χ2v) is 8.12. The van der Waals surface area contributed by atoms with Crippen molar-refractivity contribution in [1.29, 1.82) is 0 Å². The Kier molecular flexibility index (Phi) is 4.25. The first-order chi connectivity index (χ1) is 15.3. The molecule has 0 saturated carbocycles. The first-order valence-corrected chi connectivity index (χ1v) is 10.7. The van der Waals surface area contributed by atoms with Gasteiger partial charge in [0.2, 0.25) is 0 Å². The summed E-state index contributed by atoms with van der Waals surface area (Å²) >= 11 is 0. The number of H-pyrrole nitrogens is 2. The maximum Gasteiger partial charge on any atom is 0.170 e. The Morgan fingerprint density at radius 2 is 1.87 bits per heavy atom. The number of Topliss-reactive ketones (excluding diaryl/α,β-unsaturated/α-hetero) is 1. The van der Waals surface area contributed by atoms with Gasteiger partial charge >= 0.3 is 0 Å². The van der Waals surface area contributed by atoms with Crippen LogP contribution in [0.15, 0.2) is 60.8 Å². The zero-order valence-electron chi connectivity index (χ0n) is 17.1. The molecule has 1 fully saturated rings. The van der Waals surface area contributed by atoms with Gasteiger partial charge in [0, 0.05) is 61.0 Å². The minimum atomic E-state index is 0.0879. The molecule has 1 aliphatic carbocycles. The lowest BCUT2D eigenvalue weighted by molar-refractivity contribution is -0.113. The number of aromatic amines is 2.